The molecular formula is C17H22F3N5O2S. The molecule has 3 heterocycles. The summed E-state index contributed by atoms with van der Waals surface area (Å²) in [5.41, 5.74) is 0.739. The zero-order valence-electron chi connectivity index (χ0n) is 15.4. The quantitative estimate of drug-likeness (QED) is 0.808. The third-order valence-corrected chi connectivity index (χ3v) is 7.89. The highest BCUT2D eigenvalue weighted by Gasteiger charge is 2.47. The predicted octanol–water partition coefficient (Wildman–Crippen LogP) is 2.39. The SMILES string of the molecule is CN(c1ncnc2[nH]ccc12)C1CC(CS(=O)(=O)N2CCC(C(F)(F)F)C2)C1. The van der Waals surface area contributed by atoms with Gasteiger partial charge in [0.1, 0.15) is 17.8 Å². The number of anilines is 1. The van der Waals surface area contributed by atoms with Gasteiger partial charge in [-0.15, -0.1) is 0 Å². The van der Waals surface area contributed by atoms with Crippen LogP contribution in [0.4, 0.5) is 19.0 Å². The third kappa shape index (κ3) is 3.57. The van der Waals surface area contributed by atoms with Crippen molar-refractivity contribution in [3.63, 3.8) is 0 Å². The van der Waals surface area contributed by atoms with Crippen molar-refractivity contribution in [2.75, 3.05) is 30.8 Å². The van der Waals surface area contributed by atoms with Crippen LogP contribution in [0.5, 0.6) is 0 Å². The molecule has 0 spiro atoms. The van der Waals surface area contributed by atoms with Crippen LogP contribution in [0.15, 0.2) is 18.6 Å². The Labute approximate surface area is 161 Å². The fourth-order valence-corrected chi connectivity index (χ4v) is 5.99. The van der Waals surface area contributed by atoms with Gasteiger partial charge in [0.15, 0.2) is 0 Å². The molecule has 1 unspecified atom stereocenters. The largest absolute Gasteiger partial charge is 0.393 e. The van der Waals surface area contributed by atoms with E-state index in [0.29, 0.717) is 12.8 Å². The van der Waals surface area contributed by atoms with Gasteiger partial charge in [0.2, 0.25) is 10.0 Å². The number of halogens is 3. The number of hydrogen-bond acceptors (Lipinski definition) is 5. The molecule has 1 aliphatic heterocycles. The molecule has 2 aromatic rings. The van der Waals surface area contributed by atoms with E-state index in [1.807, 2.05) is 18.0 Å². The lowest BCUT2D eigenvalue weighted by atomic mass is 9.81. The fraction of sp³-hybridized carbons (Fsp3) is 0.647. The first-order valence-corrected chi connectivity index (χ1v) is 10.8. The Balaban J connectivity index is 1.35. The van der Waals surface area contributed by atoms with Crippen molar-refractivity contribution in [1.29, 1.82) is 0 Å². The molecule has 28 heavy (non-hydrogen) atoms. The van der Waals surface area contributed by atoms with Gasteiger partial charge < -0.3 is 9.88 Å². The van der Waals surface area contributed by atoms with Crippen molar-refractivity contribution >= 4 is 26.9 Å². The molecule has 11 heteroatoms. The number of alkyl halides is 3. The molecule has 4 rings (SSSR count). The minimum Gasteiger partial charge on any atom is -0.356 e. The van der Waals surface area contributed by atoms with Gasteiger partial charge in [0, 0.05) is 32.4 Å². The minimum atomic E-state index is -4.34. The van der Waals surface area contributed by atoms with Crippen LogP contribution in [-0.2, 0) is 10.0 Å². The molecule has 0 amide bonds. The minimum absolute atomic E-state index is 0.0467. The van der Waals surface area contributed by atoms with Gasteiger partial charge >= 0.3 is 6.18 Å². The van der Waals surface area contributed by atoms with Crippen molar-refractivity contribution in [3.05, 3.63) is 18.6 Å². The summed E-state index contributed by atoms with van der Waals surface area (Å²) >= 11 is 0. The molecule has 1 aliphatic carbocycles. The number of nitrogens with zero attached hydrogens (tertiary/aromatic N) is 4. The first-order chi connectivity index (χ1) is 13.1. The van der Waals surface area contributed by atoms with Crippen molar-refractivity contribution < 1.29 is 21.6 Å². The maximum Gasteiger partial charge on any atom is 0.393 e. The topological polar surface area (TPSA) is 82.2 Å². The molecule has 0 bridgehead atoms. The number of nitrogens with one attached hydrogen (secondary N) is 1. The normalized spacial score (nSPS) is 26.5. The Bertz CT molecular complexity index is 955. The van der Waals surface area contributed by atoms with E-state index >= 15 is 0 Å². The number of rotatable bonds is 5. The first-order valence-electron chi connectivity index (χ1n) is 9.20. The first kappa shape index (κ1) is 19.4. The van der Waals surface area contributed by atoms with Crippen LogP contribution >= 0.6 is 0 Å². The molecule has 154 valence electrons. The summed E-state index contributed by atoms with van der Waals surface area (Å²) in [6.45, 7) is -0.497. The molecule has 1 saturated carbocycles. The van der Waals surface area contributed by atoms with E-state index in [0.717, 1.165) is 21.2 Å². The Kier molecular flexibility index (Phi) is 4.77. The summed E-state index contributed by atoms with van der Waals surface area (Å²) in [4.78, 5) is 13.6. The molecule has 1 saturated heterocycles. The van der Waals surface area contributed by atoms with E-state index in [1.54, 1.807) is 6.20 Å². The molecular weight excluding hydrogens is 395 g/mol. The van der Waals surface area contributed by atoms with Crippen molar-refractivity contribution in [2.24, 2.45) is 11.8 Å². The summed E-state index contributed by atoms with van der Waals surface area (Å²) < 4.78 is 64.5. The van der Waals surface area contributed by atoms with Gasteiger partial charge in [-0.2, -0.15) is 13.2 Å². The molecule has 0 radical (unpaired) electrons. The molecule has 2 aromatic heterocycles. The van der Waals surface area contributed by atoms with Crippen LogP contribution in [0.25, 0.3) is 11.0 Å². The van der Waals surface area contributed by atoms with Crippen LogP contribution in [0.2, 0.25) is 0 Å². The molecule has 2 aliphatic rings. The van der Waals surface area contributed by atoms with Crippen LogP contribution < -0.4 is 4.90 Å². The lowest BCUT2D eigenvalue weighted by Crippen LogP contribution is -2.47. The molecule has 2 fully saturated rings. The number of aromatic amines is 1. The number of hydrogen-bond donors (Lipinski definition) is 1. The summed E-state index contributed by atoms with van der Waals surface area (Å²) in [5, 5.41) is 0.899. The number of sulfonamides is 1. The van der Waals surface area contributed by atoms with Crippen molar-refractivity contribution in [1.82, 2.24) is 19.3 Å². The van der Waals surface area contributed by atoms with E-state index in [9.17, 15) is 21.6 Å². The van der Waals surface area contributed by atoms with Gasteiger partial charge in [0.05, 0.1) is 17.1 Å². The highest BCUT2D eigenvalue weighted by atomic mass is 32.2. The molecule has 7 nitrogen and oxygen atoms in total. The van der Waals surface area contributed by atoms with Gasteiger partial charge in [-0.1, -0.05) is 0 Å². The van der Waals surface area contributed by atoms with Crippen molar-refractivity contribution in [2.45, 2.75) is 31.5 Å². The molecule has 1 atom stereocenters. The Morgan fingerprint density at radius 2 is 2.07 bits per heavy atom. The van der Waals surface area contributed by atoms with E-state index in [1.165, 1.54) is 6.33 Å². The average Bonchev–Trinajstić information content (AvgIpc) is 3.25. The highest BCUT2D eigenvalue weighted by Crippen LogP contribution is 2.38. The second-order valence-electron chi connectivity index (χ2n) is 7.70. The highest BCUT2D eigenvalue weighted by molar-refractivity contribution is 7.89. The smallest absolute Gasteiger partial charge is 0.356 e. The van der Waals surface area contributed by atoms with Crippen LogP contribution in [-0.4, -0.2) is 65.8 Å². The Morgan fingerprint density at radius 1 is 1.32 bits per heavy atom. The summed E-state index contributed by atoms with van der Waals surface area (Å²) in [7, 11) is -1.75. The maximum atomic E-state index is 12.8. The number of aromatic nitrogens is 3. The summed E-state index contributed by atoms with van der Waals surface area (Å²) in [6, 6.07) is 2.04. The molecule has 1 N–H and O–H groups in total. The van der Waals surface area contributed by atoms with Gasteiger partial charge in [-0.3, -0.25) is 0 Å². The number of fused-ring (bicyclic) bond motifs is 1. The van der Waals surface area contributed by atoms with E-state index in [2.05, 4.69) is 15.0 Å². The predicted molar refractivity (Wildman–Crippen MR) is 98.3 cm³/mol. The zero-order chi connectivity index (χ0) is 20.1. The van der Waals surface area contributed by atoms with Crippen LogP contribution in [0, 0.1) is 11.8 Å². The Morgan fingerprint density at radius 3 is 2.75 bits per heavy atom. The van der Waals surface area contributed by atoms with E-state index in [4.69, 9.17) is 0 Å². The summed E-state index contributed by atoms with van der Waals surface area (Å²) in [5.74, 6) is -0.911. The monoisotopic (exact) mass is 417 g/mol. The number of H-pyrrole nitrogens is 1. The average molecular weight is 417 g/mol. The maximum absolute atomic E-state index is 12.8. The lowest BCUT2D eigenvalue weighted by molar-refractivity contribution is -0.169. The lowest BCUT2D eigenvalue weighted by Gasteiger charge is -2.42. The second-order valence-corrected chi connectivity index (χ2v) is 9.72. The second kappa shape index (κ2) is 6.87. The summed E-state index contributed by atoms with van der Waals surface area (Å²) in [6.07, 6.45) is 0.117. The van der Waals surface area contributed by atoms with Gasteiger partial charge in [0.25, 0.3) is 0 Å². The van der Waals surface area contributed by atoms with Crippen LogP contribution in [0.3, 0.4) is 0 Å². The Hall–Kier alpha value is -1.88. The third-order valence-electron chi connectivity index (χ3n) is 5.88. The molecule has 0 aromatic carbocycles. The van der Waals surface area contributed by atoms with E-state index < -0.39 is 28.7 Å². The standard InChI is InChI=1S/C17H22F3N5O2S/c1-24(16-14-2-4-21-15(14)22-10-23-16)13-6-11(7-13)9-28(26,27)25-5-3-12(8-25)17(18,19)20/h2,4,10-13H,3,5-9H2,1H3,(H,21,22,23). The zero-order valence-corrected chi connectivity index (χ0v) is 16.2. The van der Waals surface area contributed by atoms with Crippen LogP contribution in [0.1, 0.15) is 19.3 Å². The van der Waals surface area contributed by atoms with Gasteiger partial charge in [-0.05, 0) is 31.2 Å². The fourth-order valence-electron chi connectivity index (χ4n) is 4.12. The van der Waals surface area contributed by atoms with Gasteiger partial charge in [-0.25, -0.2) is 22.7 Å². The van der Waals surface area contributed by atoms with E-state index in [-0.39, 0.29) is 30.7 Å². The van der Waals surface area contributed by atoms with Crippen molar-refractivity contribution in [3.8, 4) is 0 Å².